The van der Waals surface area contributed by atoms with Crippen LogP contribution in [0.25, 0.3) is 0 Å². The van der Waals surface area contributed by atoms with E-state index in [9.17, 15) is 9.59 Å². The van der Waals surface area contributed by atoms with Crippen molar-refractivity contribution in [3.8, 4) is 11.9 Å². The van der Waals surface area contributed by atoms with Crippen molar-refractivity contribution in [1.82, 2.24) is 19.4 Å². The van der Waals surface area contributed by atoms with Crippen molar-refractivity contribution in [3.05, 3.63) is 52.3 Å². The van der Waals surface area contributed by atoms with Crippen LogP contribution < -0.4 is 10.3 Å². The summed E-state index contributed by atoms with van der Waals surface area (Å²) < 4.78 is 7.15. The van der Waals surface area contributed by atoms with Crippen LogP contribution in [-0.4, -0.2) is 44.5 Å². The van der Waals surface area contributed by atoms with Crippen molar-refractivity contribution in [1.29, 1.82) is 5.26 Å². The van der Waals surface area contributed by atoms with E-state index in [0.29, 0.717) is 13.1 Å². The van der Waals surface area contributed by atoms with Crippen LogP contribution in [0.5, 0.6) is 5.88 Å². The van der Waals surface area contributed by atoms with Crippen LogP contribution in [0, 0.1) is 11.3 Å². The molecule has 128 valence electrons. The van der Waals surface area contributed by atoms with Gasteiger partial charge in [-0.1, -0.05) is 0 Å². The van der Waals surface area contributed by atoms with Crippen molar-refractivity contribution in [2.75, 3.05) is 13.1 Å². The van der Waals surface area contributed by atoms with E-state index < -0.39 is 0 Å². The summed E-state index contributed by atoms with van der Waals surface area (Å²) in [7, 11) is 1.61. The van der Waals surface area contributed by atoms with E-state index >= 15 is 0 Å². The van der Waals surface area contributed by atoms with Gasteiger partial charge in [0.15, 0.2) is 0 Å². The number of pyridine rings is 1. The molecule has 0 N–H and O–H groups in total. The molecule has 1 saturated heterocycles. The van der Waals surface area contributed by atoms with Gasteiger partial charge in [0.1, 0.15) is 17.7 Å². The SMILES string of the molecule is Cn1cccc(C(=O)N2CCCC(Oc3nccnc3C#N)C2)c1=O. The van der Waals surface area contributed by atoms with Gasteiger partial charge in [0.25, 0.3) is 17.3 Å². The van der Waals surface area contributed by atoms with Crippen molar-refractivity contribution < 1.29 is 9.53 Å². The van der Waals surface area contributed by atoms with Crippen LogP contribution in [0.3, 0.4) is 0 Å². The van der Waals surface area contributed by atoms with E-state index in [0.717, 1.165) is 12.8 Å². The lowest BCUT2D eigenvalue weighted by atomic mass is 10.1. The quantitative estimate of drug-likeness (QED) is 0.817. The van der Waals surface area contributed by atoms with Crippen LogP contribution in [0.1, 0.15) is 28.9 Å². The third-order valence-corrected chi connectivity index (χ3v) is 4.07. The van der Waals surface area contributed by atoms with E-state index in [1.54, 1.807) is 24.2 Å². The zero-order chi connectivity index (χ0) is 17.8. The molecule has 25 heavy (non-hydrogen) atoms. The van der Waals surface area contributed by atoms with E-state index in [1.165, 1.54) is 23.0 Å². The lowest BCUT2D eigenvalue weighted by molar-refractivity contribution is 0.0524. The molecule has 0 aliphatic carbocycles. The second-order valence-corrected chi connectivity index (χ2v) is 5.79. The van der Waals surface area contributed by atoms with Crippen molar-refractivity contribution >= 4 is 5.91 Å². The van der Waals surface area contributed by atoms with Gasteiger partial charge in [-0.05, 0) is 25.0 Å². The van der Waals surface area contributed by atoms with Gasteiger partial charge in [0.05, 0.1) is 6.54 Å². The number of ether oxygens (including phenoxy) is 1. The molecule has 1 fully saturated rings. The number of aryl methyl sites for hydroxylation is 1. The fraction of sp³-hybridized carbons (Fsp3) is 0.353. The number of nitriles is 1. The monoisotopic (exact) mass is 339 g/mol. The second kappa shape index (κ2) is 7.13. The Balaban J connectivity index is 1.75. The predicted molar refractivity (Wildman–Crippen MR) is 88.0 cm³/mol. The van der Waals surface area contributed by atoms with E-state index in [4.69, 9.17) is 10.00 Å². The standard InChI is InChI=1S/C17H17N5O3/c1-21-8-3-5-13(16(21)23)17(24)22-9-2-4-12(11-22)25-15-14(10-18)19-6-7-20-15/h3,5-8,12H,2,4,9,11H2,1H3. The Labute approximate surface area is 144 Å². The van der Waals surface area contributed by atoms with E-state index in [-0.39, 0.29) is 34.7 Å². The minimum atomic E-state index is -0.323. The van der Waals surface area contributed by atoms with Gasteiger partial charge < -0.3 is 14.2 Å². The first-order chi connectivity index (χ1) is 12.1. The van der Waals surface area contributed by atoms with Crippen LogP contribution >= 0.6 is 0 Å². The second-order valence-electron chi connectivity index (χ2n) is 5.79. The largest absolute Gasteiger partial charge is 0.470 e. The molecule has 0 aromatic carbocycles. The molecule has 8 heteroatoms. The minimum Gasteiger partial charge on any atom is -0.470 e. The number of rotatable bonds is 3. The fourth-order valence-electron chi connectivity index (χ4n) is 2.80. The number of carbonyl (C=O) groups excluding carboxylic acids is 1. The highest BCUT2D eigenvalue weighted by molar-refractivity contribution is 5.93. The molecule has 1 amide bonds. The smallest absolute Gasteiger partial charge is 0.263 e. The maximum atomic E-state index is 12.7. The zero-order valence-corrected chi connectivity index (χ0v) is 13.8. The third kappa shape index (κ3) is 3.50. The van der Waals surface area contributed by atoms with Crippen LogP contribution in [0.15, 0.2) is 35.5 Å². The molecular formula is C17H17N5O3. The zero-order valence-electron chi connectivity index (χ0n) is 13.8. The van der Waals surface area contributed by atoms with E-state index in [1.807, 2.05) is 6.07 Å². The number of carbonyl (C=O) groups is 1. The van der Waals surface area contributed by atoms with Gasteiger partial charge in [-0.25, -0.2) is 9.97 Å². The summed E-state index contributed by atoms with van der Waals surface area (Å²) in [5.41, 5.74) is -0.0676. The van der Waals surface area contributed by atoms with E-state index in [2.05, 4.69) is 9.97 Å². The molecule has 0 radical (unpaired) electrons. The number of hydrogen-bond donors (Lipinski definition) is 0. The molecule has 8 nitrogen and oxygen atoms in total. The Hall–Kier alpha value is -3.21. The molecule has 1 atom stereocenters. The maximum Gasteiger partial charge on any atom is 0.263 e. The van der Waals surface area contributed by atoms with Gasteiger partial charge in [0, 0.05) is 32.2 Å². The Morgan fingerprint density at radius 3 is 3.00 bits per heavy atom. The van der Waals surface area contributed by atoms with Gasteiger partial charge >= 0.3 is 0 Å². The highest BCUT2D eigenvalue weighted by Gasteiger charge is 2.28. The number of nitrogens with zero attached hydrogens (tertiary/aromatic N) is 5. The molecule has 0 saturated carbocycles. The summed E-state index contributed by atoms with van der Waals surface area (Å²) in [6.45, 7) is 0.890. The van der Waals surface area contributed by atoms with Crippen molar-refractivity contribution in [2.45, 2.75) is 18.9 Å². The number of piperidine rings is 1. The third-order valence-electron chi connectivity index (χ3n) is 4.07. The molecule has 1 unspecified atom stereocenters. The summed E-state index contributed by atoms with van der Waals surface area (Å²) in [6, 6.07) is 5.14. The maximum absolute atomic E-state index is 12.7. The molecule has 3 heterocycles. The topological polar surface area (TPSA) is 101 Å². The number of amides is 1. The normalized spacial score (nSPS) is 17.0. The Morgan fingerprint density at radius 2 is 2.20 bits per heavy atom. The van der Waals surface area contributed by atoms with Gasteiger partial charge in [-0.2, -0.15) is 5.26 Å². The molecule has 1 aliphatic heterocycles. The van der Waals surface area contributed by atoms with Crippen LogP contribution in [-0.2, 0) is 7.05 Å². The summed E-state index contributed by atoms with van der Waals surface area (Å²) >= 11 is 0. The number of hydrogen-bond acceptors (Lipinski definition) is 6. The number of aromatic nitrogens is 3. The molecule has 3 rings (SSSR count). The van der Waals surface area contributed by atoms with Crippen LogP contribution in [0.4, 0.5) is 0 Å². The molecule has 2 aromatic heterocycles. The lowest BCUT2D eigenvalue weighted by Gasteiger charge is -2.32. The van der Waals surface area contributed by atoms with Gasteiger partial charge in [-0.15, -0.1) is 0 Å². The summed E-state index contributed by atoms with van der Waals surface area (Å²) in [5.74, 6) is -0.144. The fourth-order valence-corrected chi connectivity index (χ4v) is 2.80. The van der Waals surface area contributed by atoms with Gasteiger partial charge in [0.2, 0.25) is 5.69 Å². The summed E-state index contributed by atoms with van der Waals surface area (Å²) in [5, 5.41) is 9.06. The molecule has 0 bridgehead atoms. The Kier molecular flexibility index (Phi) is 4.75. The first kappa shape index (κ1) is 16.6. The number of likely N-dealkylation sites (tertiary alicyclic amines) is 1. The first-order valence-electron chi connectivity index (χ1n) is 7.93. The minimum absolute atomic E-state index is 0.114. The highest BCUT2D eigenvalue weighted by atomic mass is 16.5. The molecule has 0 spiro atoms. The average Bonchev–Trinajstić information content (AvgIpc) is 2.64. The molecule has 1 aliphatic rings. The first-order valence-corrected chi connectivity index (χ1v) is 7.93. The van der Waals surface area contributed by atoms with Crippen molar-refractivity contribution in [3.63, 3.8) is 0 Å². The summed E-state index contributed by atoms with van der Waals surface area (Å²) in [4.78, 5) is 34.4. The Morgan fingerprint density at radius 1 is 1.40 bits per heavy atom. The van der Waals surface area contributed by atoms with Crippen LogP contribution in [0.2, 0.25) is 0 Å². The lowest BCUT2D eigenvalue weighted by Crippen LogP contribution is -2.46. The summed E-state index contributed by atoms with van der Waals surface area (Å²) in [6.07, 6.45) is 5.67. The van der Waals surface area contributed by atoms with Crippen molar-refractivity contribution in [2.24, 2.45) is 7.05 Å². The molecule has 2 aromatic rings. The Bertz CT molecular complexity index is 886. The van der Waals surface area contributed by atoms with Gasteiger partial charge in [-0.3, -0.25) is 9.59 Å². The average molecular weight is 339 g/mol. The predicted octanol–water partition coefficient (Wildman–Crippen LogP) is 0.731. The molecular weight excluding hydrogens is 322 g/mol. The highest BCUT2D eigenvalue weighted by Crippen LogP contribution is 2.19.